The zero-order valence-electron chi connectivity index (χ0n) is 18.9. The smallest absolute Gasteiger partial charge is 0.352 e. The van der Waals surface area contributed by atoms with Gasteiger partial charge in [0.15, 0.2) is 0 Å². The van der Waals surface area contributed by atoms with E-state index >= 15 is 0 Å². The molecule has 2 amide bonds. The average Bonchev–Trinajstić information content (AvgIpc) is 3.32. The Bertz CT molecular complexity index is 1200. The zero-order chi connectivity index (χ0) is 24.7. The number of aliphatic carboxylic acids is 1. The molecule has 0 saturated carbocycles. The Kier molecular flexibility index (Phi) is 6.92. The van der Waals surface area contributed by atoms with Crippen molar-refractivity contribution in [1.29, 1.82) is 0 Å². The molecule has 2 aliphatic heterocycles. The molecule has 0 unspecified atom stereocenters. The van der Waals surface area contributed by atoms with Crippen LogP contribution < -0.4 is 5.32 Å². The van der Waals surface area contributed by atoms with Crippen LogP contribution in [0.2, 0.25) is 5.02 Å². The van der Waals surface area contributed by atoms with Crippen molar-refractivity contribution >= 4 is 52.9 Å². The van der Waals surface area contributed by atoms with E-state index in [9.17, 15) is 19.5 Å². The molecule has 12 nitrogen and oxygen atoms in total. The fraction of sp³-hybridized carbons (Fsp3) is 0.526. The zero-order valence-corrected chi connectivity index (χ0v) is 21.2. The van der Waals surface area contributed by atoms with Gasteiger partial charge in [0, 0.05) is 18.6 Å². The normalized spacial score (nSPS) is 20.7. The maximum atomic E-state index is 12.9. The number of carbonyl (C=O) groups is 3. The van der Waals surface area contributed by atoms with Gasteiger partial charge in [-0.1, -0.05) is 30.3 Å². The highest BCUT2D eigenvalue weighted by Gasteiger charge is 2.54. The minimum atomic E-state index is -1.18. The van der Waals surface area contributed by atoms with Crippen LogP contribution in [0.25, 0.3) is 0 Å². The van der Waals surface area contributed by atoms with Gasteiger partial charge in [0.25, 0.3) is 5.91 Å². The molecule has 2 aliphatic rings. The molecule has 2 N–H and O–H groups in total. The number of nitrogens with one attached hydrogen (secondary N) is 1. The van der Waals surface area contributed by atoms with Gasteiger partial charge in [0.2, 0.25) is 11.1 Å². The van der Waals surface area contributed by atoms with Crippen molar-refractivity contribution in [2.24, 2.45) is 13.0 Å². The number of β-lactam (4-membered cyclic amide) rings is 1. The standard InChI is InChI=1S/C19H23ClN8O4S2/c1-8(5-27-10(3)12(20)9(2)23-27)15(29)21-13-16(30)28-14(18(31)32)11(6-33-17(13)28)7-34-19-22-24-25-26(19)4/h8,13,17H,5-7H2,1-4H3,(H,21,29)(H,31,32)/t8-,13-,17+/m0/s1. The molecular formula is C19H23ClN8O4S2. The number of carbonyl (C=O) groups excluding carboxylic acids is 2. The fourth-order valence-corrected chi connectivity index (χ4v) is 6.25. The minimum Gasteiger partial charge on any atom is -0.477 e. The van der Waals surface area contributed by atoms with Crippen LogP contribution in [0, 0.1) is 19.8 Å². The number of amides is 2. The Labute approximate surface area is 208 Å². The van der Waals surface area contributed by atoms with E-state index in [-0.39, 0.29) is 11.6 Å². The second-order valence-corrected chi connectivity index (χ2v) is 10.5. The summed E-state index contributed by atoms with van der Waals surface area (Å²) < 4.78 is 3.17. The average molecular weight is 527 g/mol. The first-order valence-corrected chi connectivity index (χ1v) is 12.8. The predicted molar refractivity (Wildman–Crippen MR) is 125 cm³/mol. The van der Waals surface area contributed by atoms with E-state index in [1.54, 1.807) is 25.6 Å². The number of aryl methyl sites for hydroxylation is 2. The Morgan fingerprint density at radius 1 is 1.38 bits per heavy atom. The molecule has 4 rings (SSSR count). The van der Waals surface area contributed by atoms with Gasteiger partial charge in [-0.25, -0.2) is 9.48 Å². The number of halogens is 1. The van der Waals surface area contributed by atoms with Crippen LogP contribution in [-0.4, -0.2) is 80.7 Å². The van der Waals surface area contributed by atoms with Gasteiger partial charge in [-0.05, 0) is 29.8 Å². The number of thioether (sulfide) groups is 2. The van der Waals surface area contributed by atoms with E-state index in [0.717, 1.165) is 5.69 Å². The molecular weight excluding hydrogens is 504 g/mol. The summed E-state index contributed by atoms with van der Waals surface area (Å²) in [6.07, 6.45) is 0. The molecule has 15 heteroatoms. The molecule has 1 fully saturated rings. The first-order valence-electron chi connectivity index (χ1n) is 10.3. The SMILES string of the molecule is Cc1nn(C[C@H](C)C(=O)N[C@H]2C(=O)N3C(C(=O)O)=C(CSc4nnnn4C)CS[C@H]23)c(C)c1Cl. The van der Waals surface area contributed by atoms with E-state index in [2.05, 4.69) is 25.9 Å². The Balaban J connectivity index is 1.42. The molecule has 0 spiro atoms. The molecule has 0 radical (unpaired) electrons. The monoisotopic (exact) mass is 526 g/mol. The highest BCUT2D eigenvalue weighted by atomic mass is 35.5. The Morgan fingerprint density at radius 3 is 2.71 bits per heavy atom. The van der Waals surface area contributed by atoms with Crippen LogP contribution in [0.5, 0.6) is 0 Å². The summed E-state index contributed by atoms with van der Waals surface area (Å²) in [5.41, 5.74) is 2.03. The molecule has 4 heterocycles. The molecule has 3 atom stereocenters. The van der Waals surface area contributed by atoms with Crippen molar-refractivity contribution in [2.45, 2.75) is 43.9 Å². The highest BCUT2D eigenvalue weighted by molar-refractivity contribution is 8.01. The van der Waals surface area contributed by atoms with Gasteiger partial charge in [-0.15, -0.1) is 16.9 Å². The number of hydrogen-bond donors (Lipinski definition) is 2. The van der Waals surface area contributed by atoms with Crippen LogP contribution >= 0.6 is 35.1 Å². The maximum Gasteiger partial charge on any atom is 0.352 e. The molecule has 182 valence electrons. The number of carboxylic acid groups (broad SMARTS) is 1. The number of tetrazole rings is 1. The van der Waals surface area contributed by atoms with Gasteiger partial charge in [0.05, 0.1) is 28.9 Å². The van der Waals surface area contributed by atoms with Gasteiger partial charge >= 0.3 is 5.97 Å². The number of aromatic nitrogens is 6. The molecule has 34 heavy (non-hydrogen) atoms. The van der Waals surface area contributed by atoms with E-state index in [1.165, 1.54) is 33.1 Å². The summed E-state index contributed by atoms with van der Waals surface area (Å²) in [5, 5.41) is 28.8. The van der Waals surface area contributed by atoms with Gasteiger partial charge in [0.1, 0.15) is 17.1 Å². The number of fused-ring (bicyclic) bond motifs is 1. The quantitative estimate of drug-likeness (QED) is 0.374. The van der Waals surface area contributed by atoms with Crippen LogP contribution in [0.3, 0.4) is 0 Å². The van der Waals surface area contributed by atoms with E-state index < -0.39 is 29.2 Å². The van der Waals surface area contributed by atoms with Gasteiger partial charge in [-0.3, -0.25) is 19.2 Å². The number of nitrogens with zero attached hydrogens (tertiary/aromatic N) is 7. The third kappa shape index (κ3) is 4.41. The van der Waals surface area contributed by atoms with Crippen LogP contribution in [-0.2, 0) is 28.0 Å². The fourth-order valence-electron chi connectivity index (χ4n) is 3.78. The molecule has 2 aromatic rings. The molecule has 1 saturated heterocycles. The molecule has 0 bridgehead atoms. The number of carboxylic acids is 1. The molecule has 0 aromatic carbocycles. The van der Waals surface area contributed by atoms with E-state index in [4.69, 9.17) is 11.6 Å². The highest BCUT2D eigenvalue weighted by Crippen LogP contribution is 2.41. The first kappa shape index (κ1) is 24.5. The molecule has 2 aromatic heterocycles. The Morgan fingerprint density at radius 2 is 2.12 bits per heavy atom. The summed E-state index contributed by atoms with van der Waals surface area (Å²) in [7, 11) is 1.69. The van der Waals surface area contributed by atoms with Crippen molar-refractivity contribution < 1.29 is 19.5 Å². The summed E-state index contributed by atoms with van der Waals surface area (Å²) in [6, 6.07) is -0.782. The first-order chi connectivity index (χ1) is 16.1. The van der Waals surface area contributed by atoms with Crippen molar-refractivity contribution in [3.8, 4) is 0 Å². The second-order valence-electron chi connectivity index (χ2n) is 8.10. The number of rotatable bonds is 8. The summed E-state index contributed by atoms with van der Waals surface area (Å²) in [4.78, 5) is 39.0. The van der Waals surface area contributed by atoms with Crippen LogP contribution in [0.15, 0.2) is 16.4 Å². The third-order valence-electron chi connectivity index (χ3n) is 5.69. The van der Waals surface area contributed by atoms with Crippen LogP contribution in [0.4, 0.5) is 0 Å². The topological polar surface area (TPSA) is 148 Å². The van der Waals surface area contributed by atoms with Crippen molar-refractivity contribution in [3.05, 3.63) is 27.7 Å². The predicted octanol–water partition coefficient (Wildman–Crippen LogP) is 0.844. The second kappa shape index (κ2) is 9.58. The van der Waals surface area contributed by atoms with Crippen LogP contribution in [0.1, 0.15) is 18.3 Å². The maximum absolute atomic E-state index is 12.9. The van der Waals surface area contributed by atoms with E-state index in [1.807, 2.05) is 6.92 Å². The lowest BCUT2D eigenvalue weighted by Crippen LogP contribution is -2.71. The lowest BCUT2D eigenvalue weighted by atomic mass is 10.0. The molecule has 0 aliphatic carbocycles. The van der Waals surface area contributed by atoms with Crippen molar-refractivity contribution in [3.63, 3.8) is 0 Å². The largest absolute Gasteiger partial charge is 0.477 e. The summed E-state index contributed by atoms with van der Waals surface area (Å²) in [5.74, 6) is -1.64. The van der Waals surface area contributed by atoms with Crippen molar-refractivity contribution in [1.82, 2.24) is 40.2 Å². The Hall–Kier alpha value is -2.58. The van der Waals surface area contributed by atoms with E-state index in [0.29, 0.717) is 39.5 Å². The third-order valence-corrected chi connectivity index (χ3v) is 8.68. The summed E-state index contributed by atoms with van der Waals surface area (Å²) >= 11 is 8.90. The lowest BCUT2D eigenvalue weighted by molar-refractivity contribution is -0.151. The number of hydrogen-bond acceptors (Lipinski definition) is 9. The van der Waals surface area contributed by atoms with Crippen molar-refractivity contribution in [2.75, 3.05) is 11.5 Å². The van der Waals surface area contributed by atoms with Gasteiger partial charge < -0.3 is 10.4 Å². The lowest BCUT2D eigenvalue weighted by Gasteiger charge is -2.49. The van der Waals surface area contributed by atoms with Gasteiger partial charge in [-0.2, -0.15) is 5.10 Å². The summed E-state index contributed by atoms with van der Waals surface area (Å²) in [6.45, 7) is 5.68. The minimum absolute atomic E-state index is 0.0350.